The second-order valence-corrected chi connectivity index (χ2v) is 3.92. The minimum atomic E-state index is -0.121. The summed E-state index contributed by atoms with van der Waals surface area (Å²) < 4.78 is 1.83. The van der Waals surface area contributed by atoms with Crippen molar-refractivity contribution in [1.82, 2.24) is 19.7 Å². The second-order valence-electron chi connectivity index (χ2n) is 3.92. The molecule has 0 aromatic carbocycles. The van der Waals surface area contributed by atoms with Crippen molar-refractivity contribution in [3.05, 3.63) is 45.4 Å². The summed E-state index contributed by atoms with van der Waals surface area (Å²) in [7, 11) is 0. The average Bonchev–Trinajstić information content (AvgIpc) is 2.43. The van der Waals surface area contributed by atoms with Crippen LogP contribution in [0.4, 0.5) is 0 Å². The molecule has 0 spiro atoms. The molecule has 2 aromatic rings. The van der Waals surface area contributed by atoms with E-state index in [0.29, 0.717) is 12.4 Å². The van der Waals surface area contributed by atoms with Gasteiger partial charge >= 0.3 is 0 Å². The normalized spacial score (nSPS) is 10.7. The first kappa shape index (κ1) is 10.6. The number of nitrogens with one attached hydrogen (secondary N) is 1. The number of hydrogen-bond donors (Lipinski definition) is 1. The van der Waals surface area contributed by atoms with Gasteiger partial charge in [0.25, 0.3) is 5.56 Å². The van der Waals surface area contributed by atoms with Crippen LogP contribution in [0.2, 0.25) is 0 Å². The van der Waals surface area contributed by atoms with E-state index in [1.54, 1.807) is 6.92 Å². The molecule has 0 amide bonds. The predicted octanol–water partition coefficient (Wildman–Crippen LogP) is 0.940. The summed E-state index contributed by atoms with van der Waals surface area (Å²) in [6.07, 6.45) is 0. The summed E-state index contributed by atoms with van der Waals surface area (Å²) >= 11 is 0. The van der Waals surface area contributed by atoms with Crippen LogP contribution in [0.3, 0.4) is 0 Å². The minimum Gasteiger partial charge on any atom is -0.309 e. The Bertz CT molecular complexity index is 568. The van der Waals surface area contributed by atoms with Gasteiger partial charge in [-0.25, -0.2) is 4.98 Å². The third kappa shape index (κ3) is 2.18. The molecule has 2 aromatic heterocycles. The molecule has 0 saturated heterocycles. The number of aromatic nitrogens is 4. The quantitative estimate of drug-likeness (QED) is 0.816. The molecule has 1 N–H and O–H groups in total. The molecular weight excluding hydrogens is 204 g/mol. The van der Waals surface area contributed by atoms with Gasteiger partial charge in [0.1, 0.15) is 5.82 Å². The van der Waals surface area contributed by atoms with E-state index in [-0.39, 0.29) is 5.56 Å². The fourth-order valence-corrected chi connectivity index (χ4v) is 1.69. The Hall–Kier alpha value is -1.91. The molecular formula is C11H14N4O. The maximum Gasteiger partial charge on any atom is 0.251 e. The first-order valence-corrected chi connectivity index (χ1v) is 5.12. The standard InChI is InChI=1S/C11H14N4O/c1-7-5-11(16)13-10(12-7)6-15-9(3)4-8(2)14-15/h4-5H,6H2,1-3H3,(H,12,13,16). The Morgan fingerprint density at radius 2 is 2.00 bits per heavy atom. The van der Waals surface area contributed by atoms with E-state index in [9.17, 15) is 4.79 Å². The van der Waals surface area contributed by atoms with Gasteiger partial charge in [-0.2, -0.15) is 5.10 Å². The van der Waals surface area contributed by atoms with Gasteiger partial charge in [0, 0.05) is 17.5 Å². The fraction of sp³-hybridized carbons (Fsp3) is 0.364. The predicted molar refractivity (Wildman–Crippen MR) is 60.4 cm³/mol. The third-order valence-electron chi connectivity index (χ3n) is 2.32. The van der Waals surface area contributed by atoms with Crippen LogP contribution >= 0.6 is 0 Å². The van der Waals surface area contributed by atoms with E-state index >= 15 is 0 Å². The van der Waals surface area contributed by atoms with Crippen LogP contribution in [-0.2, 0) is 6.54 Å². The van der Waals surface area contributed by atoms with Gasteiger partial charge in [0.15, 0.2) is 0 Å². The van der Waals surface area contributed by atoms with Gasteiger partial charge in [-0.1, -0.05) is 0 Å². The minimum absolute atomic E-state index is 0.121. The van der Waals surface area contributed by atoms with Crippen LogP contribution in [0.1, 0.15) is 22.9 Å². The highest BCUT2D eigenvalue weighted by molar-refractivity contribution is 5.08. The third-order valence-corrected chi connectivity index (χ3v) is 2.32. The lowest BCUT2D eigenvalue weighted by Gasteiger charge is -2.04. The van der Waals surface area contributed by atoms with Crippen molar-refractivity contribution in [2.24, 2.45) is 0 Å². The summed E-state index contributed by atoms with van der Waals surface area (Å²) in [5, 5.41) is 4.32. The van der Waals surface area contributed by atoms with E-state index in [4.69, 9.17) is 0 Å². The molecule has 0 unspecified atom stereocenters. The topological polar surface area (TPSA) is 63.6 Å². The lowest BCUT2D eigenvalue weighted by Crippen LogP contribution is -2.15. The first-order chi connectivity index (χ1) is 7.54. The van der Waals surface area contributed by atoms with Crippen LogP contribution in [0.5, 0.6) is 0 Å². The molecule has 0 aliphatic rings. The zero-order valence-electron chi connectivity index (χ0n) is 9.61. The number of nitrogens with zero attached hydrogens (tertiary/aromatic N) is 3. The van der Waals surface area contributed by atoms with Gasteiger partial charge in [0.2, 0.25) is 0 Å². The highest BCUT2D eigenvalue weighted by atomic mass is 16.1. The van der Waals surface area contributed by atoms with Gasteiger partial charge in [-0.05, 0) is 26.8 Å². The summed E-state index contributed by atoms with van der Waals surface area (Å²) in [6.45, 7) is 6.22. The molecule has 5 nitrogen and oxygen atoms in total. The van der Waals surface area contributed by atoms with Crippen LogP contribution in [0, 0.1) is 20.8 Å². The van der Waals surface area contributed by atoms with Crippen LogP contribution < -0.4 is 5.56 Å². The second kappa shape index (κ2) is 3.92. The molecule has 0 radical (unpaired) electrons. The van der Waals surface area contributed by atoms with Gasteiger partial charge in [0.05, 0.1) is 12.2 Å². The summed E-state index contributed by atoms with van der Waals surface area (Å²) in [6, 6.07) is 3.47. The monoisotopic (exact) mass is 218 g/mol. The average molecular weight is 218 g/mol. The molecule has 0 fully saturated rings. The Kier molecular flexibility index (Phi) is 2.60. The van der Waals surface area contributed by atoms with Crippen molar-refractivity contribution in [2.45, 2.75) is 27.3 Å². The molecule has 5 heteroatoms. The molecule has 84 valence electrons. The lowest BCUT2D eigenvalue weighted by molar-refractivity contribution is 0.627. The van der Waals surface area contributed by atoms with Gasteiger partial charge in [-0.15, -0.1) is 0 Å². The number of H-pyrrole nitrogens is 1. The molecule has 0 aliphatic heterocycles. The largest absolute Gasteiger partial charge is 0.309 e. The van der Waals surface area contributed by atoms with E-state index in [0.717, 1.165) is 17.1 Å². The molecule has 0 aliphatic carbocycles. The number of aromatic amines is 1. The van der Waals surface area contributed by atoms with Crippen molar-refractivity contribution in [1.29, 1.82) is 0 Å². The fourth-order valence-electron chi connectivity index (χ4n) is 1.69. The summed E-state index contributed by atoms with van der Waals surface area (Å²) in [5.41, 5.74) is 2.62. The van der Waals surface area contributed by atoms with Crippen molar-refractivity contribution in [3.8, 4) is 0 Å². The molecule has 0 saturated carbocycles. The number of aryl methyl sites for hydroxylation is 3. The van der Waals surface area contributed by atoms with E-state index in [1.165, 1.54) is 6.07 Å². The van der Waals surface area contributed by atoms with Crippen molar-refractivity contribution >= 4 is 0 Å². The molecule has 2 heterocycles. The van der Waals surface area contributed by atoms with Crippen LogP contribution in [0.15, 0.2) is 16.9 Å². The lowest BCUT2D eigenvalue weighted by atomic mass is 10.4. The van der Waals surface area contributed by atoms with E-state index < -0.39 is 0 Å². The summed E-state index contributed by atoms with van der Waals surface area (Å²) in [5.74, 6) is 0.635. The number of hydrogen-bond acceptors (Lipinski definition) is 3. The summed E-state index contributed by atoms with van der Waals surface area (Å²) in [4.78, 5) is 18.2. The van der Waals surface area contributed by atoms with Crippen molar-refractivity contribution in [3.63, 3.8) is 0 Å². The molecule has 2 rings (SSSR count). The Labute approximate surface area is 93.2 Å². The Morgan fingerprint density at radius 1 is 1.25 bits per heavy atom. The smallest absolute Gasteiger partial charge is 0.251 e. The van der Waals surface area contributed by atoms with Gasteiger partial charge < -0.3 is 4.98 Å². The highest BCUT2D eigenvalue weighted by Gasteiger charge is 2.04. The highest BCUT2D eigenvalue weighted by Crippen LogP contribution is 2.03. The van der Waals surface area contributed by atoms with Crippen LogP contribution in [-0.4, -0.2) is 19.7 Å². The van der Waals surface area contributed by atoms with Gasteiger partial charge in [-0.3, -0.25) is 9.48 Å². The van der Waals surface area contributed by atoms with Crippen LogP contribution in [0.25, 0.3) is 0 Å². The maximum absolute atomic E-state index is 11.3. The number of rotatable bonds is 2. The van der Waals surface area contributed by atoms with Crippen molar-refractivity contribution in [2.75, 3.05) is 0 Å². The zero-order valence-corrected chi connectivity index (χ0v) is 9.61. The molecule has 0 atom stereocenters. The zero-order chi connectivity index (χ0) is 11.7. The van der Waals surface area contributed by atoms with Crippen molar-refractivity contribution < 1.29 is 0 Å². The Morgan fingerprint density at radius 3 is 2.56 bits per heavy atom. The Balaban J connectivity index is 2.33. The van der Waals surface area contributed by atoms with E-state index in [1.807, 2.05) is 24.6 Å². The SMILES string of the molecule is Cc1cc(=O)[nH]c(Cn2nc(C)cc2C)n1. The molecule has 16 heavy (non-hydrogen) atoms. The first-order valence-electron chi connectivity index (χ1n) is 5.12. The maximum atomic E-state index is 11.3. The van der Waals surface area contributed by atoms with E-state index in [2.05, 4.69) is 15.1 Å². The molecule has 0 bridgehead atoms.